The number of aromatic hydroxyl groups is 2. The number of nitrogens with zero attached hydrogens (tertiary/aromatic N) is 1. The van der Waals surface area contributed by atoms with Gasteiger partial charge in [0.15, 0.2) is 22.8 Å². The molecular weight excluding hydrogens is 697 g/mol. The van der Waals surface area contributed by atoms with Crippen molar-refractivity contribution in [3.05, 3.63) is 74.9 Å². The van der Waals surface area contributed by atoms with Crippen LogP contribution in [-0.2, 0) is 31.9 Å². The van der Waals surface area contributed by atoms with E-state index in [1.807, 2.05) is 46.8 Å². The number of carbonyl (C=O) groups excluding carboxylic acids is 3. The molecule has 1 aromatic carbocycles. The number of esters is 1. The molecule has 1 spiro atoms. The maximum Gasteiger partial charge on any atom is 0.333 e. The fourth-order valence-electron chi connectivity index (χ4n) is 9.30. The molecule has 3 aliphatic carbocycles. The minimum atomic E-state index is -1.63. The summed E-state index contributed by atoms with van der Waals surface area (Å²) in [5.41, 5.74) is 0.577. The van der Waals surface area contributed by atoms with Crippen molar-refractivity contribution < 1.29 is 38.8 Å². The number of nitrogens with one attached hydrogen (secondary N) is 1. The highest BCUT2D eigenvalue weighted by molar-refractivity contribution is 6.18. The number of benzene rings is 1. The van der Waals surface area contributed by atoms with Gasteiger partial charge in [0.25, 0.3) is 0 Å². The van der Waals surface area contributed by atoms with E-state index in [0.717, 1.165) is 63.1 Å². The Morgan fingerprint density at radius 1 is 0.964 bits per heavy atom. The van der Waals surface area contributed by atoms with Crippen molar-refractivity contribution in [2.45, 2.75) is 117 Å². The van der Waals surface area contributed by atoms with E-state index in [4.69, 9.17) is 14.2 Å². The van der Waals surface area contributed by atoms with Gasteiger partial charge in [0.05, 0.1) is 12.2 Å². The third-order valence-corrected chi connectivity index (χ3v) is 12.2. The van der Waals surface area contributed by atoms with Gasteiger partial charge in [-0.05, 0) is 93.9 Å². The highest BCUT2D eigenvalue weighted by atomic mass is 16.6. The van der Waals surface area contributed by atoms with Crippen molar-refractivity contribution in [3.8, 4) is 17.2 Å². The first-order valence-corrected chi connectivity index (χ1v) is 20.0. The van der Waals surface area contributed by atoms with E-state index in [1.165, 1.54) is 5.57 Å². The molecule has 0 radical (unpaired) electrons. The summed E-state index contributed by atoms with van der Waals surface area (Å²) in [6, 6.07) is 0. The van der Waals surface area contributed by atoms with Gasteiger partial charge in [-0.15, -0.1) is 0 Å². The zero-order valence-corrected chi connectivity index (χ0v) is 34.0. The topological polar surface area (TPSA) is 135 Å². The van der Waals surface area contributed by atoms with Crippen LogP contribution in [0.15, 0.2) is 58.2 Å². The number of ketones is 2. The predicted molar refractivity (Wildman–Crippen MR) is 213 cm³/mol. The number of piperazine rings is 1. The Bertz CT molecular complexity index is 1890. The minimum Gasteiger partial charge on any atom is -0.507 e. The summed E-state index contributed by atoms with van der Waals surface area (Å²) in [6.07, 6.45) is 12.8. The minimum absolute atomic E-state index is 0.000831. The first-order chi connectivity index (χ1) is 26.0. The Balaban J connectivity index is 1.36. The number of ether oxygens (including phenoxy) is 3. The van der Waals surface area contributed by atoms with Gasteiger partial charge >= 0.3 is 5.97 Å². The molecule has 0 aromatic heterocycles. The summed E-state index contributed by atoms with van der Waals surface area (Å²) in [7, 11) is 0. The summed E-state index contributed by atoms with van der Waals surface area (Å²) >= 11 is 0. The normalized spacial score (nSPS) is 26.9. The Hall–Kier alpha value is -3.99. The number of hydrogen-bond acceptors (Lipinski definition) is 10. The lowest BCUT2D eigenvalue weighted by Crippen LogP contribution is -2.72. The monoisotopic (exact) mass is 756 g/mol. The standard InChI is InChI=1S/C45H60N2O8/c1-27(2)11-9-12-29(5)14-16-32-37(48)33(15-13-28(3)4)40-36(38(32)49)39(50)34-25-31-26-35-43(7,8)55-44(41(31)51,45(34,35)54-40)18-17-30(6)42(52)53-24-10-21-47-22-19-46-20-23-47/h11,13-14,17,25,31,35,46,48-49H,9-10,12,15-16,18-24,26H2,1-8H3/b29-14+,30-17-. The summed E-state index contributed by atoms with van der Waals surface area (Å²) in [4.78, 5) is 45.1. The third-order valence-electron chi connectivity index (χ3n) is 12.2. The molecule has 7 rings (SSSR count). The SMILES string of the molecule is CC(C)=CCC/C(C)=C/Cc1c(O)c(CC=C(C)C)c2c(c1O)C(=O)C1=CC3CC4C(C)(C)OC(C/C=C(/C)C(=O)OCCCN5CCNCC5)(C3=O)C14O2. The zero-order chi connectivity index (χ0) is 39.9. The average Bonchev–Trinajstić information content (AvgIpc) is 3.29. The lowest BCUT2D eigenvalue weighted by molar-refractivity contribution is -0.171. The number of hydrogen-bond donors (Lipinski definition) is 3. The number of rotatable bonds is 14. The van der Waals surface area contributed by atoms with Crippen molar-refractivity contribution in [1.29, 1.82) is 0 Å². The van der Waals surface area contributed by atoms with E-state index in [2.05, 4.69) is 30.1 Å². The van der Waals surface area contributed by atoms with Gasteiger partial charge in [-0.2, -0.15) is 0 Å². The highest BCUT2D eigenvalue weighted by Gasteiger charge is 2.81. The van der Waals surface area contributed by atoms with Crippen molar-refractivity contribution in [2.75, 3.05) is 39.3 Å². The molecule has 0 amide bonds. The smallest absolute Gasteiger partial charge is 0.333 e. The van der Waals surface area contributed by atoms with Crippen LogP contribution in [-0.4, -0.2) is 88.8 Å². The number of phenolic OH excluding ortho intramolecular Hbond substituents is 2. The maximum absolute atomic E-state index is 14.9. The zero-order valence-electron chi connectivity index (χ0n) is 34.0. The average molecular weight is 757 g/mol. The van der Waals surface area contributed by atoms with E-state index in [0.29, 0.717) is 23.1 Å². The predicted octanol–water partition coefficient (Wildman–Crippen LogP) is 7.02. The second-order valence-corrected chi connectivity index (χ2v) is 17.1. The summed E-state index contributed by atoms with van der Waals surface area (Å²) < 4.78 is 19.6. The molecule has 1 aromatic rings. The quantitative estimate of drug-likeness (QED) is 0.0787. The van der Waals surface area contributed by atoms with Crippen LogP contribution < -0.4 is 10.1 Å². The molecule has 10 heteroatoms. The summed E-state index contributed by atoms with van der Waals surface area (Å²) in [6.45, 7) is 20.5. The molecule has 2 saturated heterocycles. The molecule has 3 aliphatic heterocycles. The van der Waals surface area contributed by atoms with E-state index >= 15 is 0 Å². The molecule has 55 heavy (non-hydrogen) atoms. The van der Waals surface area contributed by atoms with Gasteiger partial charge < -0.3 is 34.6 Å². The molecule has 4 unspecified atom stereocenters. The fourth-order valence-corrected chi connectivity index (χ4v) is 9.30. The van der Waals surface area contributed by atoms with Gasteiger partial charge in [0.2, 0.25) is 0 Å². The van der Waals surface area contributed by atoms with Gasteiger partial charge in [0.1, 0.15) is 22.8 Å². The van der Waals surface area contributed by atoms with Crippen LogP contribution in [0.25, 0.3) is 0 Å². The highest BCUT2D eigenvalue weighted by Crippen LogP contribution is 2.68. The molecule has 1 saturated carbocycles. The van der Waals surface area contributed by atoms with E-state index < -0.39 is 40.4 Å². The number of carbonyl (C=O) groups is 3. The van der Waals surface area contributed by atoms with Crippen LogP contribution in [0.3, 0.4) is 0 Å². The van der Waals surface area contributed by atoms with Gasteiger partial charge in [0, 0.05) is 73.3 Å². The van der Waals surface area contributed by atoms with Crippen molar-refractivity contribution in [2.24, 2.45) is 11.8 Å². The third kappa shape index (κ3) is 7.38. The number of Topliss-reactive ketones (excluding diaryl/α,β-unsaturated/α-hetero) is 2. The van der Waals surface area contributed by atoms with Crippen molar-refractivity contribution >= 4 is 17.5 Å². The van der Waals surface area contributed by atoms with Crippen molar-refractivity contribution in [3.63, 3.8) is 0 Å². The Morgan fingerprint density at radius 2 is 1.65 bits per heavy atom. The molecule has 3 heterocycles. The summed E-state index contributed by atoms with van der Waals surface area (Å²) in [5.74, 6) is -2.47. The second kappa shape index (κ2) is 15.9. The molecule has 4 atom stereocenters. The number of fused-ring (bicyclic) bond motifs is 1. The van der Waals surface area contributed by atoms with Crippen molar-refractivity contribution in [1.82, 2.24) is 10.2 Å². The van der Waals surface area contributed by atoms with Crippen LogP contribution in [0, 0.1) is 11.8 Å². The van der Waals surface area contributed by atoms with Crippen LogP contribution in [0.2, 0.25) is 0 Å². The number of allylic oxidation sites excluding steroid dienone is 7. The molecular formula is C45H60N2O8. The molecule has 3 N–H and O–H groups in total. The lowest BCUT2D eigenvalue weighted by Gasteiger charge is -2.56. The first-order valence-electron chi connectivity index (χ1n) is 20.0. The molecule has 4 bridgehead atoms. The number of phenols is 2. The van der Waals surface area contributed by atoms with E-state index in [1.54, 1.807) is 19.1 Å². The van der Waals surface area contributed by atoms with Gasteiger partial charge in [-0.3, -0.25) is 9.59 Å². The Morgan fingerprint density at radius 3 is 2.35 bits per heavy atom. The summed E-state index contributed by atoms with van der Waals surface area (Å²) in [5, 5.41) is 27.1. The molecule has 10 nitrogen and oxygen atoms in total. The van der Waals surface area contributed by atoms with Crippen LogP contribution in [0.5, 0.6) is 17.2 Å². The Kier molecular flexibility index (Phi) is 11.7. The fraction of sp³-hybridized carbons (Fsp3) is 0.578. The van der Waals surface area contributed by atoms with Gasteiger partial charge in [-0.1, -0.05) is 47.1 Å². The molecule has 6 aliphatic rings. The van der Waals surface area contributed by atoms with Crippen LogP contribution in [0.4, 0.5) is 0 Å². The van der Waals surface area contributed by atoms with Crippen LogP contribution in [0.1, 0.15) is 109 Å². The van der Waals surface area contributed by atoms with E-state index in [9.17, 15) is 24.6 Å². The Labute approximate surface area is 326 Å². The second-order valence-electron chi connectivity index (χ2n) is 17.1. The maximum atomic E-state index is 14.9. The van der Waals surface area contributed by atoms with Crippen LogP contribution >= 0.6 is 0 Å². The lowest BCUT2D eigenvalue weighted by atomic mass is 9.51. The van der Waals surface area contributed by atoms with Gasteiger partial charge in [-0.25, -0.2) is 4.79 Å². The molecule has 3 fully saturated rings. The first kappa shape index (κ1) is 40.7. The molecule has 298 valence electrons. The largest absolute Gasteiger partial charge is 0.507 e. The van der Waals surface area contributed by atoms with E-state index in [-0.39, 0.29) is 60.0 Å².